The van der Waals surface area contributed by atoms with Crippen LogP contribution >= 0.6 is 0 Å². The molecule has 2 aliphatic heterocycles. The van der Waals surface area contributed by atoms with Crippen LogP contribution in [0.4, 0.5) is 10.5 Å². The summed E-state index contributed by atoms with van der Waals surface area (Å²) in [7, 11) is 1.54. The maximum Gasteiger partial charge on any atom is 0.325 e. The number of methoxy groups -OCH3 is 1. The number of anilines is 1. The second-order valence-electron chi connectivity index (χ2n) is 7.26. The van der Waals surface area contributed by atoms with Gasteiger partial charge in [0.2, 0.25) is 12.7 Å². The Balaban J connectivity index is 1.44. The van der Waals surface area contributed by atoms with Crippen molar-refractivity contribution in [3.8, 4) is 17.2 Å². The summed E-state index contributed by atoms with van der Waals surface area (Å²) in [6.45, 7) is 1.36. The maximum absolute atomic E-state index is 13.0. The van der Waals surface area contributed by atoms with Crippen LogP contribution in [0.5, 0.6) is 17.2 Å². The van der Waals surface area contributed by atoms with Crippen molar-refractivity contribution in [2.75, 3.05) is 25.8 Å². The third kappa shape index (κ3) is 3.61. The molecular weight excluding hydrogens is 390 g/mol. The summed E-state index contributed by atoms with van der Waals surface area (Å²) in [5, 5.41) is 5.37. The predicted octanol–water partition coefficient (Wildman–Crippen LogP) is 1.92. The van der Waals surface area contributed by atoms with Crippen LogP contribution < -0.4 is 24.8 Å². The number of rotatable bonds is 6. The molecule has 0 saturated carbocycles. The molecule has 0 bridgehead atoms. The van der Waals surface area contributed by atoms with Crippen LogP contribution in [0.3, 0.4) is 0 Å². The second kappa shape index (κ2) is 7.58. The van der Waals surface area contributed by atoms with Crippen LogP contribution in [0.1, 0.15) is 12.5 Å². The lowest BCUT2D eigenvalue weighted by Gasteiger charge is -2.22. The van der Waals surface area contributed by atoms with Gasteiger partial charge < -0.3 is 24.8 Å². The fourth-order valence-corrected chi connectivity index (χ4v) is 3.56. The van der Waals surface area contributed by atoms with Gasteiger partial charge in [0.25, 0.3) is 5.91 Å². The van der Waals surface area contributed by atoms with Crippen LogP contribution in [0, 0.1) is 0 Å². The fourth-order valence-electron chi connectivity index (χ4n) is 3.56. The predicted molar refractivity (Wildman–Crippen MR) is 107 cm³/mol. The number of benzene rings is 2. The van der Waals surface area contributed by atoms with E-state index < -0.39 is 29.9 Å². The zero-order chi connectivity index (χ0) is 21.3. The standard InChI is InChI=1S/C21H21N3O6/c1-21(10-13-5-3-4-6-15(13)28-2)19(26)24(20(27)23-21)11-18(25)22-14-7-8-16-17(9-14)30-12-29-16/h3-9H,10-12H2,1-2H3,(H,22,25)(H,23,27). The molecule has 2 aromatic rings. The summed E-state index contributed by atoms with van der Waals surface area (Å²) >= 11 is 0. The molecule has 2 aliphatic rings. The number of urea groups is 1. The highest BCUT2D eigenvalue weighted by molar-refractivity contribution is 6.10. The Bertz CT molecular complexity index is 1020. The molecule has 1 unspecified atom stereocenters. The van der Waals surface area contributed by atoms with Crippen LogP contribution in [0.25, 0.3) is 0 Å². The number of imide groups is 1. The minimum absolute atomic E-state index is 0.125. The number of amides is 4. The molecule has 2 aromatic carbocycles. The monoisotopic (exact) mass is 411 g/mol. The summed E-state index contributed by atoms with van der Waals surface area (Å²) < 4.78 is 15.8. The molecule has 1 saturated heterocycles. The van der Waals surface area contributed by atoms with E-state index in [1.165, 1.54) is 0 Å². The number of fused-ring (bicyclic) bond motifs is 1. The number of nitrogens with zero attached hydrogens (tertiary/aromatic N) is 1. The number of para-hydroxylation sites is 1. The van der Waals surface area contributed by atoms with Gasteiger partial charge in [-0.2, -0.15) is 0 Å². The van der Waals surface area contributed by atoms with E-state index in [0.717, 1.165) is 10.5 Å². The first-order valence-electron chi connectivity index (χ1n) is 9.35. The summed E-state index contributed by atoms with van der Waals surface area (Å²) in [5.74, 6) is 0.763. The quantitative estimate of drug-likeness (QED) is 0.704. The van der Waals surface area contributed by atoms with Gasteiger partial charge in [0, 0.05) is 18.2 Å². The molecule has 1 fully saturated rings. The van der Waals surface area contributed by atoms with Gasteiger partial charge in [-0.25, -0.2) is 4.79 Å². The smallest absolute Gasteiger partial charge is 0.325 e. The molecule has 2 N–H and O–H groups in total. The van der Waals surface area contributed by atoms with Crippen molar-refractivity contribution in [1.29, 1.82) is 0 Å². The minimum atomic E-state index is -1.18. The molecule has 4 rings (SSSR count). The average Bonchev–Trinajstić information content (AvgIpc) is 3.26. The number of hydrogen-bond acceptors (Lipinski definition) is 6. The van der Waals surface area contributed by atoms with Crippen molar-refractivity contribution in [1.82, 2.24) is 10.2 Å². The molecular formula is C21H21N3O6. The number of ether oxygens (including phenoxy) is 3. The van der Waals surface area contributed by atoms with Crippen LogP contribution in [-0.2, 0) is 16.0 Å². The second-order valence-corrected chi connectivity index (χ2v) is 7.26. The van der Waals surface area contributed by atoms with Crippen molar-refractivity contribution < 1.29 is 28.6 Å². The molecule has 0 aliphatic carbocycles. The fraction of sp³-hybridized carbons (Fsp3) is 0.286. The van der Waals surface area contributed by atoms with Crippen LogP contribution in [-0.4, -0.2) is 48.7 Å². The summed E-state index contributed by atoms with van der Waals surface area (Å²) in [5.41, 5.74) is 0.0842. The van der Waals surface area contributed by atoms with E-state index in [1.807, 2.05) is 18.2 Å². The van der Waals surface area contributed by atoms with E-state index in [4.69, 9.17) is 14.2 Å². The zero-order valence-corrected chi connectivity index (χ0v) is 16.6. The van der Waals surface area contributed by atoms with Crippen molar-refractivity contribution in [2.24, 2.45) is 0 Å². The van der Waals surface area contributed by atoms with Gasteiger partial charge in [0.15, 0.2) is 11.5 Å². The van der Waals surface area contributed by atoms with E-state index >= 15 is 0 Å². The van der Waals surface area contributed by atoms with Gasteiger partial charge >= 0.3 is 6.03 Å². The molecule has 9 heteroatoms. The van der Waals surface area contributed by atoms with Crippen LogP contribution in [0.2, 0.25) is 0 Å². The Morgan fingerprint density at radius 2 is 1.97 bits per heavy atom. The first kappa shape index (κ1) is 19.6. The van der Waals surface area contributed by atoms with E-state index in [2.05, 4.69) is 10.6 Å². The highest BCUT2D eigenvalue weighted by atomic mass is 16.7. The van der Waals surface area contributed by atoms with E-state index in [-0.39, 0.29) is 13.2 Å². The Morgan fingerprint density at radius 3 is 2.77 bits per heavy atom. The third-order valence-electron chi connectivity index (χ3n) is 5.04. The SMILES string of the molecule is COc1ccccc1CC1(C)NC(=O)N(CC(=O)Nc2ccc3c(c2)OCO3)C1=O. The van der Waals surface area contributed by atoms with E-state index in [9.17, 15) is 14.4 Å². The van der Waals surface area contributed by atoms with Gasteiger partial charge in [-0.1, -0.05) is 18.2 Å². The molecule has 0 aromatic heterocycles. The maximum atomic E-state index is 13.0. The molecule has 2 heterocycles. The normalized spacial score (nSPS) is 19.6. The highest BCUT2D eigenvalue weighted by Crippen LogP contribution is 2.34. The molecule has 0 spiro atoms. The average molecular weight is 411 g/mol. The summed E-state index contributed by atoms with van der Waals surface area (Å²) in [4.78, 5) is 38.8. The molecule has 156 valence electrons. The molecule has 30 heavy (non-hydrogen) atoms. The van der Waals surface area contributed by atoms with Crippen molar-refractivity contribution in [2.45, 2.75) is 18.9 Å². The molecule has 1 atom stereocenters. The zero-order valence-electron chi connectivity index (χ0n) is 16.6. The van der Waals surface area contributed by atoms with Gasteiger partial charge in [-0.15, -0.1) is 0 Å². The largest absolute Gasteiger partial charge is 0.496 e. The van der Waals surface area contributed by atoms with Gasteiger partial charge in [-0.05, 0) is 30.7 Å². The Hall–Kier alpha value is -3.75. The summed E-state index contributed by atoms with van der Waals surface area (Å²) in [6, 6.07) is 11.6. The van der Waals surface area contributed by atoms with E-state index in [0.29, 0.717) is 22.9 Å². The van der Waals surface area contributed by atoms with Crippen molar-refractivity contribution in [3.63, 3.8) is 0 Å². The first-order chi connectivity index (χ1) is 14.4. The number of carbonyl (C=O) groups is 3. The van der Waals surface area contributed by atoms with Gasteiger partial charge in [0.05, 0.1) is 7.11 Å². The molecule has 4 amide bonds. The number of carbonyl (C=O) groups excluding carboxylic acids is 3. The Labute approximate surface area is 172 Å². The Morgan fingerprint density at radius 1 is 1.20 bits per heavy atom. The first-order valence-corrected chi connectivity index (χ1v) is 9.35. The van der Waals surface area contributed by atoms with Crippen molar-refractivity contribution in [3.05, 3.63) is 48.0 Å². The summed E-state index contributed by atoms with van der Waals surface area (Å²) in [6.07, 6.45) is 0.238. The highest BCUT2D eigenvalue weighted by Gasteiger charge is 2.48. The number of hydrogen-bond donors (Lipinski definition) is 2. The van der Waals surface area contributed by atoms with Crippen LogP contribution in [0.15, 0.2) is 42.5 Å². The lowest BCUT2D eigenvalue weighted by Crippen LogP contribution is -2.46. The minimum Gasteiger partial charge on any atom is -0.496 e. The third-order valence-corrected chi connectivity index (χ3v) is 5.04. The van der Waals surface area contributed by atoms with Gasteiger partial charge in [-0.3, -0.25) is 14.5 Å². The molecule has 0 radical (unpaired) electrons. The van der Waals surface area contributed by atoms with Gasteiger partial charge in [0.1, 0.15) is 17.8 Å². The number of nitrogens with one attached hydrogen (secondary N) is 2. The topological polar surface area (TPSA) is 106 Å². The Kier molecular flexibility index (Phi) is 4.94. The van der Waals surface area contributed by atoms with Crippen molar-refractivity contribution >= 4 is 23.5 Å². The lowest BCUT2D eigenvalue weighted by molar-refractivity contribution is -0.133. The molecule has 9 nitrogen and oxygen atoms in total. The van der Waals surface area contributed by atoms with E-state index in [1.54, 1.807) is 38.3 Å². The lowest BCUT2D eigenvalue weighted by atomic mass is 9.92.